The third kappa shape index (κ3) is 4.94. The van der Waals surface area contributed by atoms with Crippen molar-refractivity contribution in [2.75, 3.05) is 0 Å². The van der Waals surface area contributed by atoms with Gasteiger partial charge < -0.3 is 9.94 Å². The molecule has 2 aromatic carbocycles. The number of esters is 1. The summed E-state index contributed by atoms with van der Waals surface area (Å²) in [6, 6.07) is 10.7. The van der Waals surface area contributed by atoms with Gasteiger partial charge in [0.25, 0.3) is 5.56 Å². The number of oxime groups is 1. The highest BCUT2D eigenvalue weighted by Gasteiger charge is 2.38. The Bertz CT molecular complexity index is 1270. The van der Waals surface area contributed by atoms with Gasteiger partial charge in [-0.05, 0) is 81.5 Å². The molecule has 0 aliphatic heterocycles. The molecule has 0 spiro atoms. The smallest absolute Gasteiger partial charge is 0.309 e. The average Bonchev–Trinajstić information content (AvgIpc) is 2.70. The number of hydrogen-bond donors (Lipinski definition) is 1. The quantitative estimate of drug-likeness (QED) is 0.271. The van der Waals surface area contributed by atoms with Crippen LogP contribution in [0.15, 0.2) is 52.4 Å². The lowest BCUT2D eigenvalue weighted by atomic mass is 9.73. The monoisotopic (exact) mass is 451 g/mol. The maximum absolute atomic E-state index is 13.5. The fourth-order valence-corrected chi connectivity index (χ4v) is 4.13. The lowest BCUT2D eigenvalue weighted by molar-refractivity contribution is -0.164. The SMILES string of the molecule is CC(C)(C)OC(=O)C1CC(Cc2nc3cc(/C=N/O)ccc3c(=O)n2-c2ccc(F)cc2)C1. The van der Waals surface area contributed by atoms with Crippen LogP contribution < -0.4 is 5.56 Å². The third-order valence-electron chi connectivity index (χ3n) is 5.70. The molecule has 1 heterocycles. The highest BCUT2D eigenvalue weighted by atomic mass is 19.1. The first-order valence-corrected chi connectivity index (χ1v) is 10.9. The molecule has 0 amide bonds. The van der Waals surface area contributed by atoms with E-state index in [0.717, 1.165) is 0 Å². The number of nitrogens with zero attached hydrogens (tertiary/aromatic N) is 3. The molecule has 172 valence electrons. The summed E-state index contributed by atoms with van der Waals surface area (Å²) in [5.41, 5.74) is 0.817. The van der Waals surface area contributed by atoms with Crippen LogP contribution in [0.3, 0.4) is 0 Å². The lowest BCUT2D eigenvalue weighted by Crippen LogP contribution is -2.37. The Kier molecular flexibility index (Phi) is 6.01. The first-order chi connectivity index (χ1) is 15.6. The van der Waals surface area contributed by atoms with Crippen molar-refractivity contribution < 1.29 is 19.1 Å². The zero-order valence-electron chi connectivity index (χ0n) is 18.8. The van der Waals surface area contributed by atoms with E-state index >= 15 is 0 Å². The minimum absolute atomic E-state index is 0.159. The van der Waals surface area contributed by atoms with Crippen molar-refractivity contribution in [3.63, 3.8) is 0 Å². The van der Waals surface area contributed by atoms with Gasteiger partial charge in [-0.1, -0.05) is 11.2 Å². The Labute approximate surface area is 190 Å². The van der Waals surface area contributed by atoms with E-state index in [1.165, 1.54) is 22.9 Å². The van der Waals surface area contributed by atoms with Gasteiger partial charge in [0.15, 0.2) is 0 Å². The van der Waals surface area contributed by atoms with E-state index in [1.807, 2.05) is 20.8 Å². The predicted molar refractivity (Wildman–Crippen MR) is 122 cm³/mol. The van der Waals surface area contributed by atoms with E-state index in [-0.39, 0.29) is 23.4 Å². The molecule has 4 rings (SSSR count). The molecular formula is C25H26FN3O4. The standard InChI is InChI=1S/C25H26FN3O4/c1-25(2,3)33-24(31)17-10-16(11-17)13-22-28-21-12-15(14-27-32)4-9-20(21)23(30)29(22)19-7-5-18(26)6-8-19/h4-9,12,14,16-17,32H,10-11,13H2,1-3H3/b27-14+. The minimum Gasteiger partial charge on any atom is -0.460 e. The highest BCUT2D eigenvalue weighted by molar-refractivity contribution is 5.88. The second-order valence-electron chi connectivity index (χ2n) is 9.44. The number of benzene rings is 2. The van der Waals surface area contributed by atoms with Crippen molar-refractivity contribution in [1.82, 2.24) is 9.55 Å². The summed E-state index contributed by atoms with van der Waals surface area (Å²) in [5.74, 6) is -0.0538. The summed E-state index contributed by atoms with van der Waals surface area (Å²) in [4.78, 5) is 30.5. The third-order valence-corrected chi connectivity index (χ3v) is 5.70. The van der Waals surface area contributed by atoms with Crippen molar-refractivity contribution in [3.8, 4) is 5.69 Å². The molecule has 3 aromatic rings. The number of fused-ring (bicyclic) bond motifs is 1. The Morgan fingerprint density at radius 1 is 1.24 bits per heavy atom. The van der Waals surface area contributed by atoms with Crippen LogP contribution in [0.2, 0.25) is 0 Å². The largest absolute Gasteiger partial charge is 0.460 e. The molecule has 1 aliphatic carbocycles. The molecular weight excluding hydrogens is 425 g/mol. The summed E-state index contributed by atoms with van der Waals surface area (Å²) >= 11 is 0. The maximum Gasteiger partial charge on any atom is 0.309 e. The Morgan fingerprint density at radius 3 is 2.58 bits per heavy atom. The molecule has 0 radical (unpaired) electrons. The van der Waals surface area contributed by atoms with Gasteiger partial charge in [-0.2, -0.15) is 0 Å². The molecule has 1 aromatic heterocycles. The lowest BCUT2D eigenvalue weighted by Gasteiger charge is -2.35. The average molecular weight is 451 g/mol. The number of carbonyl (C=O) groups is 1. The summed E-state index contributed by atoms with van der Waals surface area (Å²) in [7, 11) is 0. The number of rotatable bonds is 5. The molecule has 8 heteroatoms. The van der Waals surface area contributed by atoms with Gasteiger partial charge in [0, 0.05) is 6.42 Å². The van der Waals surface area contributed by atoms with Crippen molar-refractivity contribution in [2.24, 2.45) is 17.0 Å². The first-order valence-electron chi connectivity index (χ1n) is 10.9. The van der Waals surface area contributed by atoms with Crippen molar-refractivity contribution >= 4 is 23.1 Å². The predicted octanol–water partition coefficient (Wildman–Crippen LogP) is 4.24. The number of ether oxygens (including phenoxy) is 1. The van der Waals surface area contributed by atoms with E-state index < -0.39 is 11.4 Å². The van der Waals surface area contributed by atoms with Crippen molar-refractivity contribution in [3.05, 3.63) is 70.0 Å². The normalized spacial score (nSPS) is 18.4. The Hall–Kier alpha value is -3.55. The first kappa shape index (κ1) is 22.6. The van der Waals surface area contributed by atoms with Crippen LogP contribution in [-0.4, -0.2) is 32.5 Å². The van der Waals surface area contributed by atoms with E-state index in [1.54, 1.807) is 30.3 Å². The van der Waals surface area contributed by atoms with Gasteiger partial charge in [0.2, 0.25) is 0 Å². The second-order valence-corrected chi connectivity index (χ2v) is 9.44. The van der Waals surface area contributed by atoms with Crippen LogP contribution in [0.4, 0.5) is 4.39 Å². The second kappa shape index (κ2) is 8.77. The minimum atomic E-state index is -0.527. The molecule has 1 fully saturated rings. The van der Waals surface area contributed by atoms with Gasteiger partial charge >= 0.3 is 5.97 Å². The fourth-order valence-electron chi connectivity index (χ4n) is 4.13. The molecule has 7 nitrogen and oxygen atoms in total. The number of hydrogen-bond acceptors (Lipinski definition) is 6. The topological polar surface area (TPSA) is 93.8 Å². The molecule has 33 heavy (non-hydrogen) atoms. The van der Waals surface area contributed by atoms with Crippen molar-refractivity contribution in [2.45, 2.75) is 45.6 Å². The van der Waals surface area contributed by atoms with Gasteiger partial charge in [-0.25, -0.2) is 9.37 Å². The zero-order valence-corrected chi connectivity index (χ0v) is 18.8. The Morgan fingerprint density at radius 2 is 1.94 bits per heavy atom. The van der Waals surface area contributed by atoms with Crippen LogP contribution >= 0.6 is 0 Å². The highest BCUT2D eigenvalue weighted by Crippen LogP contribution is 2.37. The van der Waals surface area contributed by atoms with Gasteiger partial charge in [0.05, 0.1) is 28.7 Å². The van der Waals surface area contributed by atoms with Crippen LogP contribution in [0.1, 0.15) is 45.0 Å². The number of aromatic nitrogens is 2. The molecule has 0 unspecified atom stereocenters. The van der Waals surface area contributed by atoms with Gasteiger partial charge in [-0.3, -0.25) is 14.2 Å². The van der Waals surface area contributed by atoms with E-state index in [0.29, 0.717) is 47.2 Å². The zero-order chi connectivity index (χ0) is 23.8. The molecule has 0 saturated heterocycles. The molecule has 1 saturated carbocycles. The Balaban J connectivity index is 1.68. The summed E-state index contributed by atoms with van der Waals surface area (Å²) in [6.07, 6.45) is 3.07. The summed E-state index contributed by atoms with van der Waals surface area (Å²) < 4.78 is 20.5. The number of halogens is 1. The van der Waals surface area contributed by atoms with Gasteiger partial charge in [-0.15, -0.1) is 0 Å². The molecule has 1 N–H and O–H groups in total. The van der Waals surface area contributed by atoms with E-state index in [9.17, 15) is 14.0 Å². The van der Waals surface area contributed by atoms with E-state index in [2.05, 4.69) is 5.16 Å². The van der Waals surface area contributed by atoms with Gasteiger partial charge in [0.1, 0.15) is 17.2 Å². The van der Waals surface area contributed by atoms with Crippen LogP contribution in [0.5, 0.6) is 0 Å². The summed E-state index contributed by atoms with van der Waals surface area (Å²) in [5, 5.41) is 12.3. The molecule has 0 atom stereocenters. The fraction of sp³-hybridized carbons (Fsp3) is 0.360. The molecule has 1 aliphatic rings. The van der Waals surface area contributed by atoms with E-state index in [4.69, 9.17) is 14.9 Å². The van der Waals surface area contributed by atoms with Crippen LogP contribution in [0.25, 0.3) is 16.6 Å². The van der Waals surface area contributed by atoms with Crippen molar-refractivity contribution in [1.29, 1.82) is 0 Å². The summed E-state index contributed by atoms with van der Waals surface area (Å²) in [6.45, 7) is 5.53. The van der Waals surface area contributed by atoms with Crippen LogP contribution in [0, 0.1) is 17.7 Å². The maximum atomic E-state index is 13.5. The number of carbonyl (C=O) groups excluding carboxylic acids is 1. The molecule has 0 bridgehead atoms. The van der Waals surface area contributed by atoms with Crippen LogP contribution in [-0.2, 0) is 16.0 Å².